The molecule has 2 aromatic heterocycles. The van der Waals surface area contributed by atoms with E-state index in [4.69, 9.17) is 0 Å². The van der Waals surface area contributed by atoms with Gasteiger partial charge in [-0.1, -0.05) is 6.92 Å². The highest BCUT2D eigenvalue weighted by Gasteiger charge is 2.46. The van der Waals surface area contributed by atoms with Gasteiger partial charge in [-0.25, -0.2) is 4.68 Å². The fourth-order valence-electron chi connectivity index (χ4n) is 4.11. The maximum atomic E-state index is 13.6. The number of aryl methyl sites for hydroxylation is 1. The molecule has 1 amide bonds. The number of hydrogen-bond donors (Lipinski definition) is 1. The number of nitrogens with zero attached hydrogens (tertiary/aromatic N) is 5. The van der Waals surface area contributed by atoms with Crippen LogP contribution in [0.15, 0.2) is 18.5 Å². The number of rotatable bonds is 3. The van der Waals surface area contributed by atoms with Crippen LogP contribution in [0.25, 0.3) is 0 Å². The number of aromatic nitrogens is 4. The molecule has 4 heterocycles. The highest BCUT2D eigenvalue weighted by molar-refractivity contribution is 5.94. The Kier molecular flexibility index (Phi) is 4.59. The van der Waals surface area contributed by atoms with Crippen LogP contribution in [0.2, 0.25) is 0 Å². The summed E-state index contributed by atoms with van der Waals surface area (Å²) in [5, 5.41) is 11.5. The van der Waals surface area contributed by atoms with E-state index in [1.54, 1.807) is 28.9 Å². The molecule has 1 saturated heterocycles. The first-order valence-corrected chi connectivity index (χ1v) is 9.50. The summed E-state index contributed by atoms with van der Waals surface area (Å²) in [6.45, 7) is 2.41. The SMILES string of the molecule is CC[C@@H]1C[C@H](C(F)(F)F)n2nc(C3CCCN3C(=O)c3cnn(C)c3)cc2N1. The molecule has 0 aliphatic carbocycles. The van der Waals surface area contributed by atoms with Crippen LogP contribution in [0.5, 0.6) is 0 Å². The molecule has 2 aromatic rings. The molecule has 0 radical (unpaired) electrons. The molecule has 0 spiro atoms. The number of halogens is 3. The smallest absolute Gasteiger partial charge is 0.367 e. The van der Waals surface area contributed by atoms with Crippen LogP contribution >= 0.6 is 0 Å². The average molecular weight is 396 g/mol. The Morgan fingerprint density at radius 2 is 2.18 bits per heavy atom. The lowest BCUT2D eigenvalue weighted by molar-refractivity contribution is -0.173. The number of carbonyl (C=O) groups excluding carboxylic acids is 1. The molecule has 0 aromatic carbocycles. The fourth-order valence-corrected chi connectivity index (χ4v) is 4.11. The predicted molar refractivity (Wildman–Crippen MR) is 95.9 cm³/mol. The Labute approximate surface area is 160 Å². The molecule has 4 rings (SSSR count). The number of carbonyl (C=O) groups is 1. The molecule has 0 bridgehead atoms. The Hall–Kier alpha value is -2.52. The molecule has 3 atom stereocenters. The highest BCUT2D eigenvalue weighted by Crippen LogP contribution is 2.42. The van der Waals surface area contributed by atoms with Crippen molar-refractivity contribution >= 4 is 11.7 Å². The third kappa shape index (κ3) is 3.24. The molecule has 152 valence electrons. The van der Waals surface area contributed by atoms with E-state index in [0.717, 1.165) is 11.1 Å². The number of likely N-dealkylation sites (tertiary alicyclic amines) is 1. The van der Waals surface area contributed by atoms with E-state index in [1.807, 2.05) is 6.92 Å². The van der Waals surface area contributed by atoms with E-state index >= 15 is 0 Å². The maximum Gasteiger partial charge on any atom is 0.410 e. The zero-order valence-electron chi connectivity index (χ0n) is 15.8. The van der Waals surface area contributed by atoms with Crippen molar-refractivity contribution in [2.45, 2.75) is 56.9 Å². The topological polar surface area (TPSA) is 68.0 Å². The second-order valence-electron chi connectivity index (χ2n) is 7.50. The van der Waals surface area contributed by atoms with Crippen molar-refractivity contribution < 1.29 is 18.0 Å². The van der Waals surface area contributed by atoms with E-state index in [0.29, 0.717) is 36.5 Å². The van der Waals surface area contributed by atoms with Gasteiger partial charge >= 0.3 is 6.18 Å². The molecule has 10 heteroatoms. The maximum absolute atomic E-state index is 13.6. The number of amides is 1. The van der Waals surface area contributed by atoms with E-state index < -0.39 is 12.2 Å². The van der Waals surface area contributed by atoms with Gasteiger partial charge in [0.15, 0.2) is 6.04 Å². The van der Waals surface area contributed by atoms with Gasteiger partial charge in [-0.2, -0.15) is 23.4 Å². The standard InChI is InChI=1S/C18H23F3N6O/c1-3-12-7-15(18(19,20)21)27-16(23-12)8-13(24-27)14-5-4-6-26(14)17(28)11-9-22-25(2)10-11/h8-10,12,14-15,23H,3-7H2,1-2H3/t12-,14?,15-/m1/s1. The van der Waals surface area contributed by atoms with Gasteiger partial charge in [0.25, 0.3) is 5.91 Å². The fraction of sp³-hybridized carbons (Fsp3) is 0.611. The van der Waals surface area contributed by atoms with Crippen molar-refractivity contribution in [3.8, 4) is 0 Å². The van der Waals surface area contributed by atoms with E-state index in [-0.39, 0.29) is 24.4 Å². The largest absolute Gasteiger partial charge is 0.410 e. The van der Waals surface area contributed by atoms with Gasteiger partial charge in [0, 0.05) is 31.9 Å². The van der Waals surface area contributed by atoms with E-state index in [9.17, 15) is 18.0 Å². The van der Waals surface area contributed by atoms with E-state index in [1.165, 1.54) is 6.20 Å². The van der Waals surface area contributed by atoms with Gasteiger partial charge < -0.3 is 10.2 Å². The predicted octanol–water partition coefficient (Wildman–Crippen LogP) is 3.29. The van der Waals surface area contributed by atoms with Crippen LogP contribution in [0.3, 0.4) is 0 Å². The minimum absolute atomic E-state index is 0.0445. The average Bonchev–Trinajstić information content (AvgIpc) is 3.37. The lowest BCUT2D eigenvalue weighted by Gasteiger charge is -2.32. The number of alkyl halides is 3. The number of hydrogen-bond acceptors (Lipinski definition) is 4. The highest BCUT2D eigenvalue weighted by atomic mass is 19.4. The van der Waals surface area contributed by atoms with E-state index in [2.05, 4.69) is 15.5 Å². The Morgan fingerprint density at radius 1 is 1.39 bits per heavy atom. The van der Waals surface area contributed by atoms with Crippen LogP contribution in [-0.4, -0.2) is 49.1 Å². The van der Waals surface area contributed by atoms with Crippen LogP contribution in [0.1, 0.15) is 60.7 Å². The lowest BCUT2D eigenvalue weighted by atomic mass is 10.0. The quantitative estimate of drug-likeness (QED) is 0.865. The Morgan fingerprint density at radius 3 is 2.82 bits per heavy atom. The second kappa shape index (κ2) is 6.82. The van der Waals surface area contributed by atoms with Crippen molar-refractivity contribution in [1.82, 2.24) is 24.5 Å². The van der Waals surface area contributed by atoms with Gasteiger partial charge in [-0.15, -0.1) is 0 Å². The van der Waals surface area contributed by atoms with Gasteiger partial charge in [0.1, 0.15) is 5.82 Å². The summed E-state index contributed by atoms with van der Waals surface area (Å²) in [6, 6.07) is -0.562. The zero-order chi connectivity index (χ0) is 20.1. The van der Waals surface area contributed by atoms with Gasteiger partial charge in [-0.3, -0.25) is 9.48 Å². The first-order chi connectivity index (χ1) is 13.3. The van der Waals surface area contributed by atoms with Crippen LogP contribution < -0.4 is 5.32 Å². The first kappa shape index (κ1) is 18.8. The monoisotopic (exact) mass is 396 g/mol. The molecule has 0 saturated carbocycles. The minimum atomic E-state index is -4.37. The molecule has 28 heavy (non-hydrogen) atoms. The van der Waals surface area contributed by atoms with Gasteiger partial charge in [0.2, 0.25) is 0 Å². The van der Waals surface area contributed by atoms with Crippen LogP contribution in [0.4, 0.5) is 19.0 Å². The van der Waals surface area contributed by atoms with Crippen molar-refractivity contribution in [1.29, 1.82) is 0 Å². The summed E-state index contributed by atoms with van der Waals surface area (Å²) in [5.41, 5.74) is 0.971. The van der Waals surface area contributed by atoms with Crippen molar-refractivity contribution in [3.63, 3.8) is 0 Å². The third-order valence-electron chi connectivity index (χ3n) is 5.59. The summed E-state index contributed by atoms with van der Waals surface area (Å²) in [5.74, 6) is 0.199. The summed E-state index contributed by atoms with van der Waals surface area (Å²) in [6.07, 6.45) is 0.794. The number of fused-ring (bicyclic) bond motifs is 1. The second-order valence-corrected chi connectivity index (χ2v) is 7.50. The van der Waals surface area contributed by atoms with Crippen molar-refractivity contribution in [3.05, 3.63) is 29.7 Å². The minimum Gasteiger partial charge on any atom is -0.367 e. The van der Waals surface area contributed by atoms with Gasteiger partial charge in [0.05, 0.1) is 23.5 Å². The summed E-state index contributed by atoms with van der Waals surface area (Å²) in [7, 11) is 1.73. The lowest BCUT2D eigenvalue weighted by Crippen LogP contribution is -2.39. The first-order valence-electron chi connectivity index (χ1n) is 9.50. The van der Waals surface area contributed by atoms with Crippen molar-refractivity contribution in [2.24, 2.45) is 7.05 Å². The molecular formula is C18H23F3N6O. The number of anilines is 1. The molecule has 2 aliphatic rings. The molecule has 1 unspecified atom stereocenters. The Bertz CT molecular complexity index is 873. The third-order valence-corrected chi connectivity index (χ3v) is 5.59. The zero-order valence-corrected chi connectivity index (χ0v) is 15.8. The molecule has 1 N–H and O–H groups in total. The molecule has 2 aliphatic heterocycles. The summed E-state index contributed by atoms with van der Waals surface area (Å²) in [4.78, 5) is 14.5. The molecular weight excluding hydrogens is 373 g/mol. The summed E-state index contributed by atoms with van der Waals surface area (Å²) < 4.78 is 43.3. The summed E-state index contributed by atoms with van der Waals surface area (Å²) >= 11 is 0. The van der Waals surface area contributed by atoms with Crippen molar-refractivity contribution in [2.75, 3.05) is 11.9 Å². The van der Waals surface area contributed by atoms with Crippen LogP contribution in [0, 0.1) is 0 Å². The van der Waals surface area contributed by atoms with Gasteiger partial charge in [-0.05, 0) is 25.7 Å². The normalized spacial score (nSPS) is 24.9. The number of nitrogens with one attached hydrogen (secondary N) is 1. The molecule has 7 nitrogen and oxygen atoms in total. The van der Waals surface area contributed by atoms with Crippen LogP contribution in [-0.2, 0) is 7.05 Å². The Balaban J connectivity index is 1.64. The molecule has 1 fully saturated rings.